The maximum Gasteiger partial charge on any atom is 0.0490 e. The van der Waals surface area contributed by atoms with E-state index in [1.807, 2.05) is 0 Å². The monoisotopic (exact) mass is 143 g/mol. The summed E-state index contributed by atoms with van der Waals surface area (Å²) in [5.41, 5.74) is 5.75. The molecular weight excluding hydrogens is 126 g/mol. The van der Waals surface area contributed by atoms with Gasteiger partial charge in [0.25, 0.3) is 0 Å². The number of hydrogen-bond acceptors (Lipinski definition) is 2. The van der Waals surface area contributed by atoms with Crippen LogP contribution in [0.3, 0.4) is 0 Å². The highest BCUT2D eigenvalue weighted by Gasteiger charge is 2.17. The number of ether oxygens (including phenoxy) is 1. The average molecular weight is 143 g/mol. The van der Waals surface area contributed by atoms with Crippen LogP contribution in [0.4, 0.5) is 0 Å². The highest BCUT2D eigenvalue weighted by atomic mass is 16.5. The van der Waals surface area contributed by atoms with Crippen LogP contribution in [-0.2, 0) is 4.74 Å². The van der Waals surface area contributed by atoms with E-state index in [-0.39, 0.29) is 0 Å². The molecule has 2 heteroatoms. The summed E-state index contributed by atoms with van der Waals surface area (Å²) in [6.07, 6.45) is 4.89. The summed E-state index contributed by atoms with van der Waals surface area (Å²) < 4.78 is 5.08. The van der Waals surface area contributed by atoms with Crippen LogP contribution in [0.5, 0.6) is 0 Å². The first-order chi connectivity index (χ1) is 4.83. The van der Waals surface area contributed by atoms with Crippen molar-refractivity contribution in [2.45, 2.75) is 31.7 Å². The van der Waals surface area contributed by atoms with Gasteiger partial charge in [0.2, 0.25) is 0 Å². The van der Waals surface area contributed by atoms with E-state index >= 15 is 0 Å². The molecule has 10 heavy (non-hydrogen) atoms. The van der Waals surface area contributed by atoms with E-state index in [9.17, 15) is 0 Å². The third-order valence-electron chi connectivity index (χ3n) is 2.29. The minimum absolute atomic E-state index is 0.466. The summed E-state index contributed by atoms with van der Waals surface area (Å²) in [5.74, 6) is 0.782. The summed E-state index contributed by atoms with van der Waals surface area (Å²) in [6.45, 7) is 0.923. The summed E-state index contributed by atoms with van der Waals surface area (Å²) in [6, 6.07) is 0.466. The molecule has 0 heterocycles. The van der Waals surface area contributed by atoms with Crippen LogP contribution in [0.15, 0.2) is 0 Å². The van der Waals surface area contributed by atoms with Gasteiger partial charge in [-0.2, -0.15) is 0 Å². The standard InChI is InChI=1S/C8H17NO/c1-10-6-7-2-4-8(9)5-3-7/h7-8H,2-6,9H2,1H3. The Hall–Kier alpha value is -0.0800. The van der Waals surface area contributed by atoms with E-state index < -0.39 is 0 Å². The lowest BCUT2D eigenvalue weighted by molar-refractivity contribution is 0.127. The lowest BCUT2D eigenvalue weighted by Crippen LogP contribution is -2.27. The van der Waals surface area contributed by atoms with Crippen LogP contribution in [0.2, 0.25) is 0 Å². The molecule has 0 unspecified atom stereocenters. The Balaban J connectivity index is 2.13. The van der Waals surface area contributed by atoms with Gasteiger partial charge in [-0.15, -0.1) is 0 Å². The molecule has 1 saturated carbocycles. The van der Waals surface area contributed by atoms with Crippen LogP contribution >= 0.6 is 0 Å². The Morgan fingerprint density at radius 1 is 1.30 bits per heavy atom. The van der Waals surface area contributed by atoms with E-state index in [2.05, 4.69) is 0 Å². The predicted molar refractivity (Wildman–Crippen MR) is 41.8 cm³/mol. The Bertz CT molecular complexity index is 87.3. The van der Waals surface area contributed by atoms with Gasteiger partial charge >= 0.3 is 0 Å². The molecule has 0 radical (unpaired) electrons. The molecule has 2 nitrogen and oxygen atoms in total. The molecular formula is C8H17NO. The molecule has 0 saturated heterocycles. The van der Waals surface area contributed by atoms with Crippen LogP contribution in [-0.4, -0.2) is 19.8 Å². The lowest BCUT2D eigenvalue weighted by Gasteiger charge is -2.25. The zero-order chi connectivity index (χ0) is 7.40. The molecule has 1 aliphatic carbocycles. The first-order valence-corrected chi connectivity index (χ1v) is 4.07. The SMILES string of the molecule is COCC1CCC(N)CC1. The summed E-state index contributed by atoms with van der Waals surface area (Å²) >= 11 is 0. The van der Waals surface area contributed by atoms with Gasteiger partial charge < -0.3 is 10.5 Å². The van der Waals surface area contributed by atoms with Crippen molar-refractivity contribution in [1.82, 2.24) is 0 Å². The maximum atomic E-state index is 5.75. The average Bonchev–Trinajstić information content (AvgIpc) is 1.95. The van der Waals surface area contributed by atoms with Crippen molar-refractivity contribution in [3.63, 3.8) is 0 Å². The zero-order valence-corrected chi connectivity index (χ0v) is 6.68. The molecule has 1 aliphatic rings. The van der Waals surface area contributed by atoms with Gasteiger partial charge in [0.1, 0.15) is 0 Å². The van der Waals surface area contributed by atoms with Crippen LogP contribution in [0.1, 0.15) is 25.7 Å². The van der Waals surface area contributed by atoms with Gasteiger partial charge in [0.05, 0.1) is 0 Å². The van der Waals surface area contributed by atoms with E-state index in [0.29, 0.717) is 6.04 Å². The molecule has 0 amide bonds. The van der Waals surface area contributed by atoms with E-state index in [1.165, 1.54) is 25.7 Å². The Morgan fingerprint density at radius 2 is 1.90 bits per heavy atom. The van der Waals surface area contributed by atoms with Crippen molar-refractivity contribution < 1.29 is 4.74 Å². The minimum atomic E-state index is 0.466. The fourth-order valence-corrected chi connectivity index (χ4v) is 1.59. The number of rotatable bonds is 2. The topological polar surface area (TPSA) is 35.2 Å². The second kappa shape index (κ2) is 3.94. The van der Waals surface area contributed by atoms with Crippen LogP contribution < -0.4 is 5.73 Å². The van der Waals surface area contributed by atoms with E-state index in [1.54, 1.807) is 7.11 Å². The lowest BCUT2D eigenvalue weighted by atomic mass is 9.87. The molecule has 0 aliphatic heterocycles. The Labute approximate surface area is 62.7 Å². The van der Waals surface area contributed by atoms with E-state index in [4.69, 9.17) is 10.5 Å². The molecule has 2 N–H and O–H groups in total. The Morgan fingerprint density at radius 3 is 2.40 bits per heavy atom. The van der Waals surface area contributed by atoms with Gasteiger partial charge in [-0.1, -0.05) is 0 Å². The van der Waals surface area contributed by atoms with E-state index in [0.717, 1.165) is 12.5 Å². The highest BCUT2D eigenvalue weighted by molar-refractivity contribution is 4.73. The fraction of sp³-hybridized carbons (Fsp3) is 1.00. The molecule has 0 aromatic heterocycles. The number of nitrogens with two attached hydrogens (primary N) is 1. The molecule has 0 atom stereocenters. The molecule has 0 aromatic rings. The fourth-order valence-electron chi connectivity index (χ4n) is 1.59. The Kier molecular flexibility index (Phi) is 3.16. The van der Waals surface area contributed by atoms with Crippen molar-refractivity contribution >= 4 is 0 Å². The van der Waals surface area contributed by atoms with Crippen molar-refractivity contribution in [2.24, 2.45) is 11.7 Å². The second-order valence-corrected chi connectivity index (χ2v) is 3.24. The highest BCUT2D eigenvalue weighted by Crippen LogP contribution is 2.22. The molecule has 0 aromatic carbocycles. The third kappa shape index (κ3) is 2.27. The van der Waals surface area contributed by atoms with Crippen molar-refractivity contribution in [1.29, 1.82) is 0 Å². The summed E-state index contributed by atoms with van der Waals surface area (Å²) in [5, 5.41) is 0. The maximum absolute atomic E-state index is 5.75. The van der Waals surface area contributed by atoms with Gasteiger partial charge in [-0.25, -0.2) is 0 Å². The summed E-state index contributed by atoms with van der Waals surface area (Å²) in [4.78, 5) is 0. The zero-order valence-electron chi connectivity index (χ0n) is 6.68. The van der Waals surface area contributed by atoms with Crippen LogP contribution in [0.25, 0.3) is 0 Å². The van der Waals surface area contributed by atoms with Crippen LogP contribution in [0, 0.1) is 5.92 Å². The van der Waals surface area contributed by atoms with Gasteiger partial charge in [0.15, 0.2) is 0 Å². The normalized spacial score (nSPS) is 34.2. The summed E-state index contributed by atoms with van der Waals surface area (Å²) in [7, 11) is 1.77. The predicted octanol–water partition coefficient (Wildman–Crippen LogP) is 1.15. The molecule has 1 rings (SSSR count). The second-order valence-electron chi connectivity index (χ2n) is 3.24. The minimum Gasteiger partial charge on any atom is -0.384 e. The smallest absolute Gasteiger partial charge is 0.0490 e. The van der Waals surface area contributed by atoms with Crippen molar-refractivity contribution in [2.75, 3.05) is 13.7 Å². The first kappa shape index (κ1) is 8.02. The van der Waals surface area contributed by atoms with Crippen molar-refractivity contribution in [3.05, 3.63) is 0 Å². The number of methoxy groups -OCH3 is 1. The van der Waals surface area contributed by atoms with Gasteiger partial charge in [-0.05, 0) is 31.6 Å². The largest absolute Gasteiger partial charge is 0.384 e. The molecule has 60 valence electrons. The van der Waals surface area contributed by atoms with Crippen molar-refractivity contribution in [3.8, 4) is 0 Å². The number of hydrogen-bond donors (Lipinski definition) is 1. The molecule has 1 fully saturated rings. The quantitative estimate of drug-likeness (QED) is 0.629. The van der Waals surface area contributed by atoms with Gasteiger partial charge in [0, 0.05) is 19.8 Å². The molecule has 0 bridgehead atoms. The third-order valence-corrected chi connectivity index (χ3v) is 2.29. The molecule has 0 spiro atoms. The first-order valence-electron chi connectivity index (χ1n) is 4.07. The van der Waals surface area contributed by atoms with Gasteiger partial charge in [-0.3, -0.25) is 0 Å².